The number of carbonyl (C=O) groups is 5. The van der Waals surface area contributed by atoms with Gasteiger partial charge in [0.25, 0.3) is 5.91 Å². The number of primary amides is 2. The van der Waals surface area contributed by atoms with Crippen molar-refractivity contribution < 1.29 is 38.6 Å². The van der Waals surface area contributed by atoms with Crippen molar-refractivity contribution in [1.29, 1.82) is 0 Å². The van der Waals surface area contributed by atoms with Crippen LogP contribution >= 0.6 is 0 Å². The number of carboxylic acids is 1. The smallest absolute Gasteiger partial charge is 0.404 e. The Kier molecular flexibility index (Phi) is 4.64. The van der Waals surface area contributed by atoms with Crippen molar-refractivity contribution in [2.45, 2.75) is 18.2 Å². The van der Waals surface area contributed by atoms with Crippen LogP contribution in [0.3, 0.4) is 0 Å². The molecule has 3 atom stereocenters. The standard InChI is InChI=1S/C18H17N5O8/c19-14(24)7-1-3-8(4-2-7)21-18(29)22-5-9-11-13(22)15(25)23(11)12(16(26)27)10(31-9)6-30-17(20)28/h1-4,9,11,13H,5-6H2,(H2,19,24)(H2,20,28)(H,21,29)(H,26,27)/t9-,11-,13+/m1/s1. The summed E-state index contributed by atoms with van der Waals surface area (Å²) in [5.74, 6) is -2.88. The molecule has 13 nitrogen and oxygen atoms in total. The van der Waals surface area contributed by atoms with E-state index in [-0.39, 0.29) is 17.9 Å². The Balaban J connectivity index is 1.52. The van der Waals surface area contributed by atoms with Crippen LogP contribution in [0.1, 0.15) is 10.4 Å². The average Bonchev–Trinajstić information content (AvgIpc) is 3.08. The summed E-state index contributed by atoms with van der Waals surface area (Å²) in [5.41, 5.74) is 10.3. The zero-order valence-electron chi connectivity index (χ0n) is 15.8. The van der Waals surface area contributed by atoms with Crippen LogP contribution in [0.25, 0.3) is 0 Å². The summed E-state index contributed by atoms with van der Waals surface area (Å²) in [7, 11) is 0. The van der Waals surface area contributed by atoms with Gasteiger partial charge in [-0.25, -0.2) is 14.4 Å². The summed E-state index contributed by atoms with van der Waals surface area (Å²) in [6.07, 6.45) is -1.84. The molecule has 0 unspecified atom stereocenters. The highest BCUT2D eigenvalue weighted by atomic mass is 16.6. The van der Waals surface area contributed by atoms with E-state index in [1.54, 1.807) is 0 Å². The van der Waals surface area contributed by atoms with Gasteiger partial charge in [0.15, 0.2) is 18.1 Å². The van der Waals surface area contributed by atoms with Crippen LogP contribution in [0.2, 0.25) is 0 Å². The fourth-order valence-electron chi connectivity index (χ4n) is 3.92. The molecule has 3 aliphatic heterocycles. The van der Waals surface area contributed by atoms with Gasteiger partial charge in [0.05, 0.1) is 6.54 Å². The zero-order chi connectivity index (χ0) is 22.4. The minimum absolute atomic E-state index is 0.00422. The number of amides is 5. The quantitative estimate of drug-likeness (QED) is 0.426. The van der Waals surface area contributed by atoms with Gasteiger partial charge in [-0.1, -0.05) is 0 Å². The SMILES string of the molecule is NC(=O)OCC1=C(C(=O)O)N2C(=O)[C@@H]3[C@H]2[C@@H](CN3C(=O)Nc2ccc(C(N)=O)cc2)O1. The van der Waals surface area contributed by atoms with Crippen LogP contribution in [0, 0.1) is 0 Å². The molecule has 6 N–H and O–H groups in total. The monoisotopic (exact) mass is 431 g/mol. The fourth-order valence-corrected chi connectivity index (χ4v) is 3.92. The maximum atomic E-state index is 12.8. The summed E-state index contributed by atoms with van der Waals surface area (Å²) in [6, 6.07) is 3.66. The van der Waals surface area contributed by atoms with Gasteiger partial charge in [-0.05, 0) is 24.3 Å². The third-order valence-corrected chi connectivity index (χ3v) is 5.23. The fraction of sp³-hybridized carbons (Fsp3) is 0.278. The first-order valence-electron chi connectivity index (χ1n) is 9.05. The Morgan fingerprint density at radius 3 is 2.45 bits per heavy atom. The minimum atomic E-state index is -1.44. The Morgan fingerprint density at radius 2 is 1.87 bits per heavy atom. The van der Waals surface area contributed by atoms with Gasteiger partial charge in [-0.3, -0.25) is 14.5 Å². The molecule has 2 saturated heterocycles. The number of urea groups is 1. The number of ether oxygens (including phenoxy) is 2. The number of rotatable bonds is 5. The number of hydrogen-bond acceptors (Lipinski definition) is 7. The van der Waals surface area contributed by atoms with Crippen molar-refractivity contribution in [3.63, 3.8) is 0 Å². The number of carbonyl (C=O) groups excluding carboxylic acids is 4. The molecule has 0 aliphatic carbocycles. The molecule has 0 radical (unpaired) electrons. The third-order valence-electron chi connectivity index (χ3n) is 5.23. The number of anilines is 1. The molecule has 1 aromatic rings. The number of hydrogen-bond donors (Lipinski definition) is 4. The van der Waals surface area contributed by atoms with E-state index < -0.39 is 60.4 Å². The number of β-lactam (4-membered cyclic amide) rings is 1. The number of benzene rings is 1. The van der Waals surface area contributed by atoms with Gasteiger partial charge in [-0.15, -0.1) is 0 Å². The molecule has 31 heavy (non-hydrogen) atoms. The molecule has 0 bridgehead atoms. The molecule has 3 heterocycles. The van der Waals surface area contributed by atoms with E-state index in [2.05, 4.69) is 10.1 Å². The molecule has 162 valence electrons. The second-order valence-corrected chi connectivity index (χ2v) is 7.01. The topological polar surface area (TPSA) is 195 Å². The van der Waals surface area contributed by atoms with Crippen LogP contribution < -0.4 is 16.8 Å². The molecular weight excluding hydrogens is 414 g/mol. The number of nitrogens with zero attached hydrogens (tertiary/aromatic N) is 2. The van der Waals surface area contributed by atoms with E-state index in [9.17, 15) is 29.1 Å². The highest BCUT2D eigenvalue weighted by molar-refractivity contribution is 6.03. The maximum Gasteiger partial charge on any atom is 0.404 e. The van der Waals surface area contributed by atoms with Gasteiger partial charge in [0.1, 0.15) is 18.2 Å². The number of nitrogens with one attached hydrogen (secondary N) is 1. The van der Waals surface area contributed by atoms with Gasteiger partial charge in [0.2, 0.25) is 5.91 Å². The zero-order valence-corrected chi connectivity index (χ0v) is 15.8. The van der Waals surface area contributed by atoms with Crippen molar-refractivity contribution in [2.24, 2.45) is 11.5 Å². The summed E-state index contributed by atoms with van der Waals surface area (Å²) < 4.78 is 10.3. The lowest BCUT2D eigenvalue weighted by Gasteiger charge is -2.48. The first-order valence-corrected chi connectivity index (χ1v) is 9.05. The van der Waals surface area contributed by atoms with Gasteiger partial charge < -0.3 is 36.3 Å². The molecule has 2 fully saturated rings. The van der Waals surface area contributed by atoms with Crippen molar-refractivity contribution in [3.05, 3.63) is 41.3 Å². The predicted octanol–water partition coefficient (Wildman–Crippen LogP) is -0.997. The number of nitrogens with two attached hydrogens (primary N) is 2. The normalized spacial score (nSPS) is 23.5. The van der Waals surface area contributed by atoms with Crippen molar-refractivity contribution in [3.8, 4) is 0 Å². The molecule has 0 aromatic heterocycles. The highest BCUT2D eigenvalue weighted by Crippen LogP contribution is 2.43. The molecule has 1 aromatic carbocycles. The summed E-state index contributed by atoms with van der Waals surface area (Å²) in [5, 5.41) is 12.1. The van der Waals surface area contributed by atoms with Crippen LogP contribution in [0.15, 0.2) is 35.7 Å². The number of aliphatic carboxylic acids is 1. The first-order chi connectivity index (χ1) is 14.7. The van der Waals surface area contributed by atoms with Gasteiger partial charge in [0, 0.05) is 11.3 Å². The lowest BCUT2D eigenvalue weighted by molar-refractivity contribution is -0.161. The van der Waals surface area contributed by atoms with E-state index >= 15 is 0 Å². The molecule has 13 heteroatoms. The molecule has 4 rings (SSSR count). The van der Waals surface area contributed by atoms with Crippen LogP contribution in [0.4, 0.5) is 15.3 Å². The Hall–Kier alpha value is -4.29. The summed E-state index contributed by atoms with van der Waals surface area (Å²) in [4.78, 5) is 61.4. The van der Waals surface area contributed by atoms with Gasteiger partial charge >= 0.3 is 18.1 Å². The van der Waals surface area contributed by atoms with E-state index in [1.807, 2.05) is 0 Å². The maximum absolute atomic E-state index is 12.8. The number of carboxylic acid groups (broad SMARTS) is 1. The Bertz CT molecular complexity index is 1040. The Labute approximate surface area is 174 Å². The predicted molar refractivity (Wildman–Crippen MR) is 100 cm³/mol. The van der Waals surface area contributed by atoms with Crippen molar-refractivity contribution in [1.82, 2.24) is 9.80 Å². The van der Waals surface area contributed by atoms with Crippen LogP contribution in [-0.4, -0.2) is 76.2 Å². The van der Waals surface area contributed by atoms with E-state index in [0.717, 1.165) is 4.90 Å². The molecule has 0 saturated carbocycles. The van der Waals surface area contributed by atoms with Gasteiger partial charge in [-0.2, -0.15) is 0 Å². The second-order valence-electron chi connectivity index (χ2n) is 7.01. The average molecular weight is 431 g/mol. The minimum Gasteiger partial charge on any atom is -0.485 e. The lowest BCUT2D eigenvalue weighted by atomic mass is 9.91. The third kappa shape index (κ3) is 3.25. The first kappa shape index (κ1) is 20.0. The summed E-state index contributed by atoms with van der Waals surface area (Å²) in [6.45, 7) is -0.567. The molecular formula is C18H17N5O8. The van der Waals surface area contributed by atoms with E-state index in [0.29, 0.717) is 5.69 Å². The second kappa shape index (κ2) is 7.19. The summed E-state index contributed by atoms with van der Waals surface area (Å²) >= 11 is 0. The molecule has 0 spiro atoms. The van der Waals surface area contributed by atoms with Crippen molar-refractivity contribution in [2.75, 3.05) is 18.5 Å². The lowest BCUT2D eigenvalue weighted by Crippen LogP contribution is -2.70. The molecule has 3 aliphatic rings. The van der Waals surface area contributed by atoms with E-state index in [1.165, 1.54) is 29.2 Å². The van der Waals surface area contributed by atoms with Crippen LogP contribution in [0.5, 0.6) is 0 Å². The van der Waals surface area contributed by atoms with Crippen molar-refractivity contribution >= 4 is 35.6 Å². The number of likely N-dealkylation sites (tertiary alicyclic amines) is 1. The van der Waals surface area contributed by atoms with Crippen LogP contribution in [-0.2, 0) is 19.1 Å². The largest absolute Gasteiger partial charge is 0.485 e. The molecule has 5 amide bonds. The Morgan fingerprint density at radius 1 is 1.19 bits per heavy atom. The van der Waals surface area contributed by atoms with E-state index in [4.69, 9.17) is 16.2 Å². The highest BCUT2D eigenvalue weighted by Gasteiger charge is 2.65.